The zero-order valence-corrected chi connectivity index (χ0v) is 12.7. The highest BCUT2D eigenvalue weighted by Crippen LogP contribution is 2.27. The maximum Gasteiger partial charge on any atom is 0.336 e. The number of carbonyl (C=O) groups is 3. The van der Waals surface area contributed by atoms with E-state index in [2.05, 4.69) is 0 Å². The molecule has 2 atom stereocenters. The molecule has 0 aromatic heterocycles. The van der Waals surface area contributed by atoms with Crippen LogP contribution in [0.1, 0.15) is 25.5 Å². The van der Waals surface area contributed by atoms with Crippen molar-refractivity contribution < 1.29 is 28.6 Å². The van der Waals surface area contributed by atoms with Crippen molar-refractivity contribution in [1.29, 1.82) is 0 Å². The van der Waals surface area contributed by atoms with E-state index in [0.29, 0.717) is 5.56 Å². The van der Waals surface area contributed by atoms with Gasteiger partial charge in [0.05, 0.1) is 0 Å². The molecule has 0 N–H and O–H groups in total. The number of ether oxygens (including phenoxy) is 3. The van der Waals surface area contributed by atoms with Crippen LogP contribution in [0, 0.1) is 0 Å². The molecule has 0 unspecified atom stereocenters. The van der Waals surface area contributed by atoms with Gasteiger partial charge in [0.2, 0.25) is 0 Å². The minimum Gasteiger partial charge on any atom is -0.454 e. The Balaban J connectivity index is 2.35. The standard InChI is InChI=1S/C17H16O6/c1-11(18)21-15(10-14-8-9-16(20)23-14)17(22-12(2)19)13-6-4-3-5-7-13/h3-10,15,17H,1-2H3/b14-10+/t15-,17+/m0/s1. The molecule has 0 amide bonds. The summed E-state index contributed by atoms with van der Waals surface area (Å²) in [4.78, 5) is 34.0. The normalized spacial score (nSPS) is 17.5. The molecule has 0 bridgehead atoms. The Kier molecular flexibility index (Phi) is 5.30. The van der Waals surface area contributed by atoms with Gasteiger partial charge in [-0.1, -0.05) is 30.3 Å². The minimum absolute atomic E-state index is 0.231. The molecule has 6 nitrogen and oxygen atoms in total. The van der Waals surface area contributed by atoms with Crippen molar-refractivity contribution in [3.63, 3.8) is 0 Å². The SMILES string of the molecule is CC(=O)O[C@@H](/C=C1\C=CC(=O)O1)[C@H](OC(C)=O)c1ccccc1. The molecule has 0 fully saturated rings. The lowest BCUT2D eigenvalue weighted by atomic mass is 10.0. The summed E-state index contributed by atoms with van der Waals surface area (Å²) in [6.07, 6.45) is 2.36. The Morgan fingerprint density at radius 1 is 1.04 bits per heavy atom. The molecule has 1 aromatic carbocycles. The average Bonchev–Trinajstić information content (AvgIpc) is 2.89. The molecule has 23 heavy (non-hydrogen) atoms. The van der Waals surface area contributed by atoms with Crippen LogP contribution in [-0.4, -0.2) is 24.0 Å². The summed E-state index contributed by atoms with van der Waals surface area (Å²) in [5.41, 5.74) is 0.652. The fourth-order valence-electron chi connectivity index (χ4n) is 2.11. The molecular formula is C17H16O6. The zero-order valence-electron chi connectivity index (χ0n) is 12.7. The van der Waals surface area contributed by atoms with E-state index in [1.165, 1.54) is 32.1 Å². The van der Waals surface area contributed by atoms with Crippen molar-refractivity contribution >= 4 is 17.9 Å². The van der Waals surface area contributed by atoms with E-state index in [1.807, 2.05) is 6.07 Å². The van der Waals surface area contributed by atoms with Crippen LogP contribution in [-0.2, 0) is 28.6 Å². The summed E-state index contributed by atoms with van der Waals surface area (Å²) in [6, 6.07) is 8.87. The fourth-order valence-corrected chi connectivity index (χ4v) is 2.11. The number of hydrogen-bond acceptors (Lipinski definition) is 6. The molecule has 0 aliphatic carbocycles. The van der Waals surface area contributed by atoms with Gasteiger partial charge in [0.15, 0.2) is 12.2 Å². The van der Waals surface area contributed by atoms with Crippen LogP contribution in [0.4, 0.5) is 0 Å². The first-order valence-electron chi connectivity index (χ1n) is 6.97. The summed E-state index contributed by atoms with van der Waals surface area (Å²) >= 11 is 0. The molecule has 0 spiro atoms. The lowest BCUT2D eigenvalue weighted by Gasteiger charge is -2.24. The van der Waals surface area contributed by atoms with E-state index in [4.69, 9.17) is 14.2 Å². The molecule has 0 radical (unpaired) electrons. The first-order chi connectivity index (χ1) is 11.0. The third kappa shape index (κ3) is 4.81. The van der Waals surface area contributed by atoms with Crippen molar-refractivity contribution in [3.8, 4) is 0 Å². The number of rotatable bonds is 5. The Morgan fingerprint density at radius 3 is 2.22 bits per heavy atom. The van der Waals surface area contributed by atoms with Gasteiger partial charge < -0.3 is 14.2 Å². The maximum atomic E-state index is 11.4. The van der Waals surface area contributed by atoms with Gasteiger partial charge >= 0.3 is 17.9 Å². The molecule has 1 aromatic rings. The third-order valence-corrected chi connectivity index (χ3v) is 2.95. The van der Waals surface area contributed by atoms with Crippen LogP contribution in [0.2, 0.25) is 0 Å². The Hall–Kier alpha value is -2.89. The molecule has 0 saturated carbocycles. The molecule has 2 rings (SSSR count). The summed E-state index contributed by atoms with van der Waals surface area (Å²) in [5, 5.41) is 0. The highest BCUT2D eigenvalue weighted by Gasteiger charge is 2.28. The second kappa shape index (κ2) is 7.40. The van der Waals surface area contributed by atoms with E-state index in [0.717, 1.165) is 0 Å². The van der Waals surface area contributed by atoms with Gasteiger partial charge in [0.1, 0.15) is 5.76 Å². The minimum atomic E-state index is -0.927. The van der Waals surface area contributed by atoms with Crippen molar-refractivity contribution in [2.24, 2.45) is 0 Å². The van der Waals surface area contributed by atoms with Crippen LogP contribution >= 0.6 is 0 Å². The first-order valence-corrected chi connectivity index (χ1v) is 6.97. The van der Waals surface area contributed by atoms with Crippen LogP contribution in [0.15, 0.2) is 54.3 Å². The van der Waals surface area contributed by atoms with E-state index in [9.17, 15) is 14.4 Å². The largest absolute Gasteiger partial charge is 0.454 e. The molecule has 1 aliphatic heterocycles. The number of allylic oxidation sites excluding steroid dienone is 1. The lowest BCUT2D eigenvalue weighted by Crippen LogP contribution is -2.27. The van der Waals surface area contributed by atoms with Gasteiger partial charge in [0, 0.05) is 26.0 Å². The summed E-state index contributed by atoms with van der Waals surface area (Å²) < 4.78 is 15.5. The molecule has 6 heteroatoms. The first kappa shape index (κ1) is 16.5. The van der Waals surface area contributed by atoms with Gasteiger partial charge in [-0.25, -0.2) is 4.79 Å². The average molecular weight is 316 g/mol. The van der Waals surface area contributed by atoms with Crippen molar-refractivity contribution in [1.82, 2.24) is 0 Å². The zero-order chi connectivity index (χ0) is 16.8. The third-order valence-electron chi connectivity index (χ3n) is 2.95. The van der Waals surface area contributed by atoms with Gasteiger partial charge in [-0.3, -0.25) is 9.59 Å². The fraction of sp³-hybridized carbons (Fsp3) is 0.235. The second-order valence-corrected chi connectivity index (χ2v) is 4.84. The van der Waals surface area contributed by atoms with E-state index in [1.54, 1.807) is 24.3 Å². The Morgan fingerprint density at radius 2 is 1.70 bits per heavy atom. The Bertz CT molecular complexity index is 659. The maximum absolute atomic E-state index is 11.4. The molecule has 1 heterocycles. The molecular weight excluding hydrogens is 300 g/mol. The van der Waals surface area contributed by atoms with Crippen molar-refractivity contribution in [2.75, 3.05) is 0 Å². The van der Waals surface area contributed by atoms with Gasteiger partial charge in [-0.15, -0.1) is 0 Å². The van der Waals surface area contributed by atoms with Crippen molar-refractivity contribution in [3.05, 3.63) is 59.9 Å². The molecule has 1 aliphatic rings. The number of cyclic esters (lactones) is 1. The summed E-state index contributed by atoms with van der Waals surface area (Å²) in [6.45, 7) is 2.52. The van der Waals surface area contributed by atoms with Gasteiger partial charge in [0.25, 0.3) is 0 Å². The van der Waals surface area contributed by atoms with Crippen LogP contribution in [0.25, 0.3) is 0 Å². The summed E-state index contributed by atoms with van der Waals surface area (Å²) in [5.74, 6) is -1.35. The number of carbonyl (C=O) groups excluding carboxylic acids is 3. The lowest BCUT2D eigenvalue weighted by molar-refractivity contribution is -0.162. The topological polar surface area (TPSA) is 78.9 Å². The predicted molar refractivity (Wildman–Crippen MR) is 79.8 cm³/mol. The van der Waals surface area contributed by atoms with Crippen LogP contribution in [0.3, 0.4) is 0 Å². The summed E-state index contributed by atoms with van der Waals surface area (Å²) in [7, 11) is 0. The quantitative estimate of drug-likeness (QED) is 0.612. The smallest absolute Gasteiger partial charge is 0.336 e. The monoisotopic (exact) mass is 316 g/mol. The van der Waals surface area contributed by atoms with Crippen LogP contribution in [0.5, 0.6) is 0 Å². The Labute approximate surface area is 133 Å². The highest BCUT2D eigenvalue weighted by molar-refractivity contribution is 5.86. The second-order valence-electron chi connectivity index (χ2n) is 4.84. The number of hydrogen-bond donors (Lipinski definition) is 0. The van der Waals surface area contributed by atoms with E-state index >= 15 is 0 Å². The molecule has 0 saturated heterocycles. The van der Waals surface area contributed by atoms with Crippen molar-refractivity contribution in [2.45, 2.75) is 26.1 Å². The number of benzene rings is 1. The van der Waals surface area contributed by atoms with Crippen LogP contribution < -0.4 is 0 Å². The van der Waals surface area contributed by atoms with Gasteiger partial charge in [-0.05, 0) is 11.6 Å². The predicted octanol–water partition coefficient (Wildman–Crippen LogP) is 2.22. The molecule has 120 valence electrons. The van der Waals surface area contributed by atoms with E-state index in [-0.39, 0.29) is 5.76 Å². The van der Waals surface area contributed by atoms with E-state index < -0.39 is 30.1 Å². The highest BCUT2D eigenvalue weighted by atomic mass is 16.6. The number of esters is 3. The van der Waals surface area contributed by atoms with Gasteiger partial charge in [-0.2, -0.15) is 0 Å².